The minimum atomic E-state index is 0.819. The van der Waals surface area contributed by atoms with Crippen LogP contribution in [0.1, 0.15) is 43.7 Å². The summed E-state index contributed by atoms with van der Waals surface area (Å²) in [6, 6.07) is 9.80. The van der Waals surface area contributed by atoms with Gasteiger partial charge in [-0.25, -0.2) is 0 Å². The lowest BCUT2D eigenvalue weighted by Gasteiger charge is -2.35. The van der Waals surface area contributed by atoms with Crippen LogP contribution in [0.25, 0.3) is 0 Å². The molecule has 2 heterocycles. The van der Waals surface area contributed by atoms with E-state index in [4.69, 9.17) is 0 Å². The summed E-state index contributed by atoms with van der Waals surface area (Å²) >= 11 is 0. The molecule has 0 bridgehead atoms. The van der Waals surface area contributed by atoms with Gasteiger partial charge in [0.1, 0.15) is 0 Å². The summed E-state index contributed by atoms with van der Waals surface area (Å²) in [5, 5.41) is 0. The molecule has 110 valence electrons. The van der Waals surface area contributed by atoms with Crippen molar-refractivity contribution in [3.05, 3.63) is 35.4 Å². The lowest BCUT2D eigenvalue weighted by molar-refractivity contribution is 0.135. The monoisotopic (exact) mass is 272 g/mol. The zero-order chi connectivity index (χ0) is 13.8. The highest BCUT2D eigenvalue weighted by molar-refractivity contribution is 5.27. The van der Waals surface area contributed by atoms with Crippen LogP contribution in [0, 0.1) is 0 Å². The number of nitrogens with zero attached hydrogens (tertiary/aromatic N) is 2. The topological polar surface area (TPSA) is 6.48 Å². The van der Waals surface area contributed by atoms with Crippen molar-refractivity contribution in [3.63, 3.8) is 0 Å². The summed E-state index contributed by atoms with van der Waals surface area (Å²) in [6.07, 6.45) is 6.74. The van der Waals surface area contributed by atoms with E-state index in [1.807, 2.05) is 0 Å². The SMILES string of the molecule is CCc1ccccc1CN1CCCN2CCCCC2C1. The summed E-state index contributed by atoms with van der Waals surface area (Å²) in [7, 11) is 0. The first-order valence-electron chi connectivity index (χ1n) is 8.40. The van der Waals surface area contributed by atoms with E-state index >= 15 is 0 Å². The molecule has 1 aromatic carbocycles. The molecule has 3 rings (SSSR count). The predicted octanol–water partition coefficient (Wildman–Crippen LogP) is 3.31. The zero-order valence-corrected chi connectivity index (χ0v) is 12.9. The first-order valence-corrected chi connectivity index (χ1v) is 8.40. The summed E-state index contributed by atoms with van der Waals surface area (Å²) in [5.74, 6) is 0. The summed E-state index contributed by atoms with van der Waals surface area (Å²) < 4.78 is 0. The summed E-state index contributed by atoms with van der Waals surface area (Å²) in [5.41, 5.74) is 3.07. The van der Waals surface area contributed by atoms with E-state index in [9.17, 15) is 0 Å². The maximum atomic E-state index is 2.75. The minimum absolute atomic E-state index is 0.819. The van der Waals surface area contributed by atoms with Gasteiger partial charge in [0.05, 0.1) is 0 Å². The van der Waals surface area contributed by atoms with E-state index in [1.165, 1.54) is 57.4 Å². The molecule has 0 aromatic heterocycles. The minimum Gasteiger partial charge on any atom is -0.299 e. The molecular formula is C18H28N2. The van der Waals surface area contributed by atoms with E-state index in [1.54, 1.807) is 5.56 Å². The van der Waals surface area contributed by atoms with E-state index in [0.29, 0.717) is 0 Å². The Labute approximate surface area is 123 Å². The van der Waals surface area contributed by atoms with Crippen molar-refractivity contribution in [1.82, 2.24) is 9.80 Å². The van der Waals surface area contributed by atoms with Crippen molar-refractivity contribution in [1.29, 1.82) is 0 Å². The van der Waals surface area contributed by atoms with Crippen LogP contribution in [0.15, 0.2) is 24.3 Å². The van der Waals surface area contributed by atoms with E-state index in [0.717, 1.165) is 19.0 Å². The molecule has 2 aliphatic heterocycles. The van der Waals surface area contributed by atoms with Gasteiger partial charge in [-0.05, 0) is 56.4 Å². The number of benzene rings is 1. The molecule has 1 atom stereocenters. The van der Waals surface area contributed by atoms with Crippen molar-refractivity contribution in [2.45, 2.75) is 51.6 Å². The quantitative estimate of drug-likeness (QED) is 0.833. The molecule has 2 nitrogen and oxygen atoms in total. The number of rotatable bonds is 3. The van der Waals surface area contributed by atoms with Crippen LogP contribution >= 0.6 is 0 Å². The summed E-state index contributed by atoms with van der Waals surface area (Å²) in [6.45, 7) is 8.61. The smallest absolute Gasteiger partial charge is 0.0237 e. The highest BCUT2D eigenvalue weighted by Crippen LogP contribution is 2.22. The van der Waals surface area contributed by atoms with Gasteiger partial charge in [-0.15, -0.1) is 0 Å². The van der Waals surface area contributed by atoms with Crippen LogP contribution in [-0.2, 0) is 13.0 Å². The maximum Gasteiger partial charge on any atom is 0.0237 e. The second-order valence-corrected chi connectivity index (χ2v) is 6.40. The van der Waals surface area contributed by atoms with Gasteiger partial charge < -0.3 is 0 Å². The van der Waals surface area contributed by atoms with Gasteiger partial charge in [-0.2, -0.15) is 0 Å². The number of piperidine rings is 1. The van der Waals surface area contributed by atoms with Crippen molar-refractivity contribution >= 4 is 0 Å². The first-order chi connectivity index (χ1) is 9.86. The summed E-state index contributed by atoms with van der Waals surface area (Å²) in [4.78, 5) is 5.44. The third kappa shape index (κ3) is 3.24. The van der Waals surface area contributed by atoms with Gasteiger partial charge in [-0.3, -0.25) is 9.80 Å². The van der Waals surface area contributed by atoms with Crippen LogP contribution in [0.5, 0.6) is 0 Å². The molecule has 0 radical (unpaired) electrons. The molecule has 2 aliphatic rings. The van der Waals surface area contributed by atoms with Crippen LogP contribution in [0.3, 0.4) is 0 Å². The Morgan fingerprint density at radius 2 is 1.80 bits per heavy atom. The van der Waals surface area contributed by atoms with Gasteiger partial charge in [0.25, 0.3) is 0 Å². The van der Waals surface area contributed by atoms with Gasteiger partial charge >= 0.3 is 0 Å². The fourth-order valence-electron chi connectivity index (χ4n) is 3.89. The number of fused-ring (bicyclic) bond motifs is 1. The molecule has 2 heteroatoms. The number of hydrogen-bond acceptors (Lipinski definition) is 2. The Kier molecular flexibility index (Phi) is 4.74. The lowest BCUT2D eigenvalue weighted by atomic mass is 10.0. The standard InChI is InChI=1S/C18H28N2/c1-2-16-8-3-4-9-17(16)14-19-11-7-13-20-12-6-5-10-18(20)15-19/h3-4,8-9,18H,2,5-7,10-15H2,1H3. The fraction of sp³-hybridized carbons (Fsp3) is 0.667. The van der Waals surface area contributed by atoms with Crippen LogP contribution < -0.4 is 0 Å². The third-order valence-corrected chi connectivity index (χ3v) is 5.03. The van der Waals surface area contributed by atoms with E-state index in [2.05, 4.69) is 41.0 Å². The largest absolute Gasteiger partial charge is 0.299 e. The van der Waals surface area contributed by atoms with Crippen molar-refractivity contribution in [2.75, 3.05) is 26.2 Å². The van der Waals surface area contributed by atoms with Gasteiger partial charge in [-0.1, -0.05) is 37.6 Å². The molecule has 1 unspecified atom stereocenters. The molecule has 2 saturated heterocycles. The number of hydrogen-bond donors (Lipinski definition) is 0. The van der Waals surface area contributed by atoms with Gasteiger partial charge in [0.15, 0.2) is 0 Å². The first kappa shape index (κ1) is 14.1. The molecule has 1 aromatic rings. The normalized spacial score (nSPS) is 25.1. The van der Waals surface area contributed by atoms with Crippen LogP contribution in [0.2, 0.25) is 0 Å². The molecule has 0 N–H and O–H groups in total. The predicted molar refractivity (Wildman–Crippen MR) is 84.9 cm³/mol. The molecule has 20 heavy (non-hydrogen) atoms. The van der Waals surface area contributed by atoms with Gasteiger partial charge in [0, 0.05) is 19.1 Å². The van der Waals surface area contributed by atoms with Crippen molar-refractivity contribution in [3.8, 4) is 0 Å². The Balaban J connectivity index is 1.67. The molecule has 2 fully saturated rings. The maximum absolute atomic E-state index is 2.75. The lowest BCUT2D eigenvalue weighted by Crippen LogP contribution is -2.43. The Hall–Kier alpha value is -0.860. The van der Waals surface area contributed by atoms with Crippen LogP contribution in [0.4, 0.5) is 0 Å². The fourth-order valence-corrected chi connectivity index (χ4v) is 3.89. The molecular weight excluding hydrogens is 244 g/mol. The average Bonchev–Trinajstić information content (AvgIpc) is 2.69. The van der Waals surface area contributed by atoms with Crippen LogP contribution in [-0.4, -0.2) is 42.0 Å². The Morgan fingerprint density at radius 1 is 1.00 bits per heavy atom. The second kappa shape index (κ2) is 6.73. The van der Waals surface area contributed by atoms with Crippen molar-refractivity contribution < 1.29 is 0 Å². The molecule has 0 saturated carbocycles. The molecule has 0 amide bonds. The highest BCUT2D eigenvalue weighted by atomic mass is 15.2. The highest BCUT2D eigenvalue weighted by Gasteiger charge is 2.27. The van der Waals surface area contributed by atoms with E-state index < -0.39 is 0 Å². The number of aryl methyl sites for hydroxylation is 1. The second-order valence-electron chi connectivity index (χ2n) is 6.40. The molecule has 0 aliphatic carbocycles. The van der Waals surface area contributed by atoms with Crippen molar-refractivity contribution in [2.24, 2.45) is 0 Å². The zero-order valence-electron chi connectivity index (χ0n) is 12.9. The van der Waals surface area contributed by atoms with Gasteiger partial charge in [0.2, 0.25) is 0 Å². The Bertz CT molecular complexity index is 429. The van der Waals surface area contributed by atoms with E-state index in [-0.39, 0.29) is 0 Å². The Morgan fingerprint density at radius 3 is 2.65 bits per heavy atom. The molecule has 0 spiro atoms. The third-order valence-electron chi connectivity index (χ3n) is 5.03. The average molecular weight is 272 g/mol.